The number of nitrogen functional groups attached to an aromatic ring is 1. The van der Waals surface area contributed by atoms with Gasteiger partial charge in [0.2, 0.25) is 0 Å². The standard InChI is InChI=1S/C12H16N4OS2/c1-7-4-5-8(18-7)6-14-11(17)9-10(13)15-12(19-9)16(2)3/h4-5H,6,13H2,1-3H3,(H,14,17). The van der Waals surface area contributed by atoms with Gasteiger partial charge in [0, 0.05) is 23.8 Å². The van der Waals surface area contributed by atoms with Crippen molar-refractivity contribution in [3.8, 4) is 0 Å². The van der Waals surface area contributed by atoms with Gasteiger partial charge in [-0.25, -0.2) is 4.98 Å². The Morgan fingerprint density at radius 2 is 2.16 bits per heavy atom. The fourth-order valence-electron chi connectivity index (χ4n) is 1.50. The summed E-state index contributed by atoms with van der Waals surface area (Å²) in [6.45, 7) is 2.56. The number of thiazole rings is 1. The average molecular weight is 296 g/mol. The van der Waals surface area contributed by atoms with Gasteiger partial charge in [0.15, 0.2) is 5.13 Å². The molecule has 0 bridgehead atoms. The highest BCUT2D eigenvalue weighted by atomic mass is 32.1. The summed E-state index contributed by atoms with van der Waals surface area (Å²) in [5.41, 5.74) is 5.77. The summed E-state index contributed by atoms with van der Waals surface area (Å²) in [4.78, 5) is 20.9. The summed E-state index contributed by atoms with van der Waals surface area (Å²) in [6, 6.07) is 4.05. The number of aromatic nitrogens is 1. The minimum absolute atomic E-state index is 0.172. The molecule has 1 amide bonds. The fourth-order valence-corrected chi connectivity index (χ4v) is 3.16. The molecule has 0 aromatic carbocycles. The van der Waals surface area contributed by atoms with E-state index in [1.165, 1.54) is 16.2 Å². The molecule has 0 saturated carbocycles. The van der Waals surface area contributed by atoms with Crippen molar-refractivity contribution in [1.29, 1.82) is 0 Å². The zero-order chi connectivity index (χ0) is 14.0. The van der Waals surface area contributed by atoms with E-state index in [-0.39, 0.29) is 11.7 Å². The Balaban J connectivity index is 2.03. The van der Waals surface area contributed by atoms with Crippen LogP contribution in [0.4, 0.5) is 10.9 Å². The molecule has 0 saturated heterocycles. The molecule has 102 valence electrons. The zero-order valence-corrected chi connectivity index (χ0v) is 12.7. The van der Waals surface area contributed by atoms with Crippen LogP contribution in [0.15, 0.2) is 12.1 Å². The Kier molecular flexibility index (Phi) is 4.06. The molecule has 2 rings (SSSR count). The van der Waals surface area contributed by atoms with E-state index in [0.29, 0.717) is 11.4 Å². The van der Waals surface area contributed by atoms with Crippen LogP contribution in [-0.4, -0.2) is 25.0 Å². The smallest absolute Gasteiger partial charge is 0.265 e. The lowest BCUT2D eigenvalue weighted by atomic mass is 10.4. The van der Waals surface area contributed by atoms with Crippen LogP contribution in [-0.2, 0) is 6.54 Å². The maximum Gasteiger partial charge on any atom is 0.265 e. The third-order valence-electron chi connectivity index (χ3n) is 2.45. The molecule has 2 aromatic rings. The molecule has 0 aliphatic heterocycles. The molecular weight excluding hydrogens is 280 g/mol. The van der Waals surface area contributed by atoms with Gasteiger partial charge in [0.05, 0.1) is 6.54 Å². The number of amides is 1. The monoisotopic (exact) mass is 296 g/mol. The second kappa shape index (κ2) is 5.58. The molecule has 2 aromatic heterocycles. The van der Waals surface area contributed by atoms with E-state index in [9.17, 15) is 4.79 Å². The molecule has 0 radical (unpaired) electrons. The molecule has 0 fully saturated rings. The van der Waals surface area contributed by atoms with Gasteiger partial charge in [0.1, 0.15) is 10.7 Å². The predicted molar refractivity (Wildman–Crippen MR) is 81.1 cm³/mol. The van der Waals surface area contributed by atoms with Gasteiger partial charge < -0.3 is 16.0 Å². The van der Waals surface area contributed by atoms with Crippen LogP contribution in [0.3, 0.4) is 0 Å². The van der Waals surface area contributed by atoms with Gasteiger partial charge in [0.25, 0.3) is 5.91 Å². The van der Waals surface area contributed by atoms with Crippen molar-refractivity contribution >= 4 is 39.5 Å². The van der Waals surface area contributed by atoms with Crippen molar-refractivity contribution in [2.75, 3.05) is 24.7 Å². The van der Waals surface area contributed by atoms with E-state index in [4.69, 9.17) is 5.73 Å². The lowest BCUT2D eigenvalue weighted by molar-refractivity contribution is 0.0956. The van der Waals surface area contributed by atoms with Crippen LogP contribution >= 0.6 is 22.7 Å². The van der Waals surface area contributed by atoms with Crippen molar-refractivity contribution in [2.24, 2.45) is 0 Å². The van der Waals surface area contributed by atoms with Gasteiger partial charge in [-0.1, -0.05) is 11.3 Å². The van der Waals surface area contributed by atoms with Crippen LogP contribution in [0.2, 0.25) is 0 Å². The van der Waals surface area contributed by atoms with E-state index in [1.807, 2.05) is 38.1 Å². The SMILES string of the molecule is Cc1ccc(CNC(=O)c2sc(N(C)C)nc2N)s1. The van der Waals surface area contributed by atoms with Crippen LogP contribution in [0.25, 0.3) is 0 Å². The molecule has 3 N–H and O–H groups in total. The molecule has 0 spiro atoms. The second-order valence-electron chi connectivity index (χ2n) is 4.30. The van der Waals surface area contributed by atoms with Gasteiger partial charge in [-0.3, -0.25) is 4.79 Å². The molecule has 5 nitrogen and oxygen atoms in total. The first kappa shape index (κ1) is 13.8. The highest BCUT2D eigenvalue weighted by Gasteiger charge is 2.16. The lowest BCUT2D eigenvalue weighted by Crippen LogP contribution is -2.22. The Bertz CT molecular complexity index is 588. The van der Waals surface area contributed by atoms with Crippen molar-refractivity contribution < 1.29 is 4.79 Å². The van der Waals surface area contributed by atoms with Gasteiger partial charge in [-0.15, -0.1) is 11.3 Å². The van der Waals surface area contributed by atoms with Crippen LogP contribution in [0, 0.1) is 6.92 Å². The molecular formula is C12H16N4OS2. The summed E-state index contributed by atoms with van der Waals surface area (Å²) >= 11 is 2.97. The predicted octanol–water partition coefficient (Wildman–Crippen LogP) is 2.09. The average Bonchev–Trinajstić information content (AvgIpc) is 2.92. The van der Waals surface area contributed by atoms with Crippen molar-refractivity contribution in [2.45, 2.75) is 13.5 Å². The summed E-state index contributed by atoms with van der Waals surface area (Å²) in [5, 5.41) is 3.60. The van der Waals surface area contributed by atoms with Crippen LogP contribution in [0.5, 0.6) is 0 Å². The van der Waals surface area contributed by atoms with Gasteiger partial charge >= 0.3 is 0 Å². The number of aryl methyl sites for hydroxylation is 1. The third-order valence-corrected chi connectivity index (χ3v) is 4.69. The molecule has 0 atom stereocenters. The van der Waals surface area contributed by atoms with Crippen molar-refractivity contribution in [3.63, 3.8) is 0 Å². The summed E-state index contributed by atoms with van der Waals surface area (Å²) in [7, 11) is 3.74. The number of rotatable bonds is 4. The first-order chi connectivity index (χ1) is 8.97. The number of nitrogens with two attached hydrogens (primary N) is 1. The highest BCUT2D eigenvalue weighted by molar-refractivity contribution is 7.18. The molecule has 0 aliphatic rings. The lowest BCUT2D eigenvalue weighted by Gasteiger charge is -2.05. The van der Waals surface area contributed by atoms with E-state index in [2.05, 4.69) is 10.3 Å². The summed E-state index contributed by atoms with van der Waals surface area (Å²) < 4.78 is 0. The maximum atomic E-state index is 12.0. The fraction of sp³-hybridized carbons (Fsp3) is 0.333. The summed E-state index contributed by atoms with van der Waals surface area (Å²) in [5.74, 6) is 0.114. The van der Waals surface area contributed by atoms with E-state index in [1.54, 1.807) is 11.3 Å². The van der Waals surface area contributed by atoms with Gasteiger partial charge in [-0.05, 0) is 19.1 Å². The number of carbonyl (C=O) groups excluding carboxylic acids is 1. The molecule has 2 heterocycles. The second-order valence-corrected chi connectivity index (χ2v) is 6.65. The molecule has 0 unspecified atom stereocenters. The normalized spacial score (nSPS) is 10.5. The number of hydrogen-bond acceptors (Lipinski definition) is 6. The van der Waals surface area contributed by atoms with Crippen molar-refractivity contribution in [1.82, 2.24) is 10.3 Å². The van der Waals surface area contributed by atoms with E-state index in [0.717, 1.165) is 10.0 Å². The summed E-state index contributed by atoms with van der Waals surface area (Å²) in [6.07, 6.45) is 0. The quantitative estimate of drug-likeness (QED) is 0.906. The number of hydrogen-bond donors (Lipinski definition) is 2. The topological polar surface area (TPSA) is 71.2 Å². The van der Waals surface area contributed by atoms with Crippen LogP contribution in [0.1, 0.15) is 19.4 Å². The molecule has 0 aliphatic carbocycles. The molecule has 7 heteroatoms. The van der Waals surface area contributed by atoms with E-state index >= 15 is 0 Å². The minimum atomic E-state index is -0.172. The van der Waals surface area contributed by atoms with Crippen LogP contribution < -0.4 is 16.0 Å². The number of thiophene rings is 1. The Labute approximate surface area is 120 Å². The number of nitrogens with one attached hydrogen (secondary N) is 1. The van der Waals surface area contributed by atoms with Gasteiger partial charge in [-0.2, -0.15) is 0 Å². The zero-order valence-electron chi connectivity index (χ0n) is 11.1. The number of anilines is 2. The maximum absolute atomic E-state index is 12.0. The number of carbonyl (C=O) groups is 1. The third kappa shape index (κ3) is 3.24. The largest absolute Gasteiger partial charge is 0.382 e. The minimum Gasteiger partial charge on any atom is -0.382 e. The molecule has 19 heavy (non-hydrogen) atoms. The van der Waals surface area contributed by atoms with E-state index < -0.39 is 0 Å². The first-order valence-corrected chi connectivity index (χ1v) is 7.38. The Hall–Kier alpha value is -1.60. The number of nitrogens with zero attached hydrogens (tertiary/aromatic N) is 2. The first-order valence-electron chi connectivity index (χ1n) is 5.74. The Morgan fingerprint density at radius 1 is 1.42 bits per heavy atom. The Morgan fingerprint density at radius 3 is 2.68 bits per heavy atom. The van der Waals surface area contributed by atoms with Crippen molar-refractivity contribution in [3.05, 3.63) is 26.8 Å². The highest BCUT2D eigenvalue weighted by Crippen LogP contribution is 2.26.